The number of halogens is 1. The minimum Gasteiger partial charge on any atom is -0.454 e. The zero-order valence-corrected chi connectivity index (χ0v) is 25.1. The molecule has 3 aromatic rings. The second kappa shape index (κ2) is 12.3. The SMILES string of the molecule is CCC(OC(=O)c1ccc(C(C)(C)C)cc1)c1nccc(Cl)c1C(CC)OC(=O)c1ccc(C(C)(C)C)cc1. The van der Waals surface area contributed by atoms with E-state index in [4.69, 9.17) is 21.1 Å². The minimum atomic E-state index is -0.660. The van der Waals surface area contributed by atoms with E-state index >= 15 is 0 Å². The van der Waals surface area contributed by atoms with Gasteiger partial charge in [-0.25, -0.2) is 9.59 Å². The molecule has 1 heterocycles. The maximum Gasteiger partial charge on any atom is 0.338 e. The van der Waals surface area contributed by atoms with E-state index in [2.05, 4.69) is 46.5 Å². The summed E-state index contributed by atoms with van der Waals surface area (Å²) in [6.07, 6.45) is 1.21. The van der Waals surface area contributed by atoms with Gasteiger partial charge < -0.3 is 9.47 Å². The number of benzene rings is 2. The Labute approximate surface area is 237 Å². The van der Waals surface area contributed by atoms with Gasteiger partial charge in [0.05, 0.1) is 21.8 Å². The van der Waals surface area contributed by atoms with Gasteiger partial charge in [0.1, 0.15) is 12.2 Å². The normalized spacial score (nSPS) is 13.5. The molecule has 39 heavy (non-hydrogen) atoms. The van der Waals surface area contributed by atoms with Crippen molar-refractivity contribution in [2.24, 2.45) is 0 Å². The molecule has 0 saturated heterocycles. The van der Waals surface area contributed by atoms with E-state index in [1.807, 2.05) is 38.1 Å². The van der Waals surface area contributed by atoms with Crippen molar-refractivity contribution < 1.29 is 19.1 Å². The van der Waals surface area contributed by atoms with Crippen LogP contribution in [0.3, 0.4) is 0 Å². The van der Waals surface area contributed by atoms with Crippen LogP contribution >= 0.6 is 11.6 Å². The highest BCUT2D eigenvalue weighted by molar-refractivity contribution is 6.31. The van der Waals surface area contributed by atoms with E-state index in [9.17, 15) is 9.59 Å². The van der Waals surface area contributed by atoms with E-state index in [0.29, 0.717) is 40.2 Å². The summed E-state index contributed by atoms with van der Waals surface area (Å²) < 4.78 is 11.9. The summed E-state index contributed by atoms with van der Waals surface area (Å²) in [6, 6.07) is 16.6. The number of hydrogen-bond acceptors (Lipinski definition) is 5. The Morgan fingerprint density at radius 3 is 1.51 bits per heavy atom. The Morgan fingerprint density at radius 2 is 1.13 bits per heavy atom. The third kappa shape index (κ3) is 7.48. The molecule has 0 bridgehead atoms. The van der Waals surface area contributed by atoms with Gasteiger partial charge in [-0.1, -0.05) is 91.3 Å². The van der Waals surface area contributed by atoms with Gasteiger partial charge in [-0.3, -0.25) is 4.98 Å². The number of nitrogens with zero attached hydrogens (tertiary/aromatic N) is 1. The van der Waals surface area contributed by atoms with Gasteiger partial charge >= 0.3 is 11.9 Å². The molecule has 0 aliphatic heterocycles. The summed E-state index contributed by atoms with van der Waals surface area (Å²) >= 11 is 6.65. The first-order valence-electron chi connectivity index (χ1n) is 13.5. The zero-order chi connectivity index (χ0) is 29.0. The van der Waals surface area contributed by atoms with Crippen molar-refractivity contribution in [3.63, 3.8) is 0 Å². The topological polar surface area (TPSA) is 65.5 Å². The van der Waals surface area contributed by atoms with Crippen molar-refractivity contribution in [3.8, 4) is 0 Å². The highest BCUT2D eigenvalue weighted by atomic mass is 35.5. The largest absolute Gasteiger partial charge is 0.454 e. The van der Waals surface area contributed by atoms with Crippen LogP contribution in [-0.2, 0) is 20.3 Å². The molecule has 0 radical (unpaired) electrons. The Balaban J connectivity index is 1.85. The summed E-state index contributed by atoms with van der Waals surface area (Å²) in [5, 5.41) is 0.409. The lowest BCUT2D eigenvalue weighted by molar-refractivity contribution is 0.0211. The number of carbonyl (C=O) groups excluding carboxylic acids is 2. The minimum absolute atomic E-state index is 0.0186. The molecule has 208 valence electrons. The molecule has 0 saturated carbocycles. The molecule has 0 spiro atoms. The van der Waals surface area contributed by atoms with Crippen molar-refractivity contribution >= 4 is 23.5 Å². The molecule has 0 amide bonds. The average molecular weight is 550 g/mol. The number of esters is 2. The van der Waals surface area contributed by atoms with E-state index in [-0.39, 0.29) is 10.8 Å². The van der Waals surface area contributed by atoms with Crippen molar-refractivity contribution in [2.45, 2.75) is 91.3 Å². The molecular formula is C33H40ClNO4. The number of aromatic nitrogens is 1. The van der Waals surface area contributed by atoms with Crippen LogP contribution in [0.2, 0.25) is 5.02 Å². The molecule has 3 rings (SSSR count). The summed E-state index contributed by atoms with van der Waals surface area (Å²) in [4.78, 5) is 30.7. The Hall–Kier alpha value is -3.18. The van der Waals surface area contributed by atoms with Crippen LogP contribution in [-0.4, -0.2) is 16.9 Å². The van der Waals surface area contributed by atoms with E-state index < -0.39 is 24.1 Å². The third-order valence-electron chi connectivity index (χ3n) is 6.81. The summed E-state index contributed by atoms with van der Waals surface area (Å²) in [5.41, 5.74) is 4.19. The Kier molecular flexibility index (Phi) is 9.60. The van der Waals surface area contributed by atoms with Crippen molar-refractivity contribution in [2.75, 3.05) is 0 Å². The molecule has 2 atom stereocenters. The van der Waals surface area contributed by atoms with Gasteiger partial charge in [0.2, 0.25) is 0 Å². The van der Waals surface area contributed by atoms with E-state index in [0.717, 1.165) is 11.1 Å². The lowest BCUT2D eigenvalue weighted by Gasteiger charge is -2.25. The second-order valence-corrected chi connectivity index (χ2v) is 12.3. The third-order valence-corrected chi connectivity index (χ3v) is 7.14. The fourth-order valence-electron chi connectivity index (χ4n) is 4.33. The molecule has 0 N–H and O–H groups in total. The molecule has 5 nitrogen and oxygen atoms in total. The van der Waals surface area contributed by atoms with Crippen LogP contribution < -0.4 is 0 Å². The van der Waals surface area contributed by atoms with Crippen LogP contribution in [0.1, 0.15) is 124 Å². The summed E-state index contributed by atoms with van der Waals surface area (Å²) in [6.45, 7) is 16.6. The number of carbonyl (C=O) groups is 2. The average Bonchev–Trinajstić information content (AvgIpc) is 2.89. The number of pyridine rings is 1. The smallest absolute Gasteiger partial charge is 0.338 e. The van der Waals surface area contributed by atoms with Gasteiger partial charge in [-0.2, -0.15) is 0 Å². The van der Waals surface area contributed by atoms with Crippen molar-refractivity contribution in [3.05, 3.63) is 99.3 Å². The number of rotatable bonds is 8. The van der Waals surface area contributed by atoms with Gasteiger partial charge in [0, 0.05) is 11.8 Å². The molecule has 0 aliphatic rings. The predicted molar refractivity (Wildman–Crippen MR) is 156 cm³/mol. The maximum atomic E-state index is 13.1. The molecule has 6 heteroatoms. The van der Waals surface area contributed by atoms with Gasteiger partial charge in [-0.15, -0.1) is 0 Å². The summed E-state index contributed by atoms with van der Waals surface area (Å²) in [7, 11) is 0. The monoisotopic (exact) mass is 549 g/mol. The highest BCUT2D eigenvalue weighted by Crippen LogP contribution is 2.36. The standard InChI is InChI=1S/C33H40ClNO4/c1-9-26(38-30(36)21-11-15-23(16-12-21)32(3,4)5)28-25(34)19-20-35-29(28)27(10-2)39-31(37)22-13-17-24(18-14-22)33(6,7)8/h11-20,26-27H,9-10H2,1-8H3. The van der Waals surface area contributed by atoms with Gasteiger partial charge in [-0.05, 0) is 65.1 Å². The molecule has 2 aromatic carbocycles. The first-order chi connectivity index (χ1) is 18.3. The molecular weight excluding hydrogens is 510 g/mol. The Morgan fingerprint density at radius 1 is 0.718 bits per heavy atom. The van der Waals surface area contributed by atoms with E-state index in [1.54, 1.807) is 36.5 Å². The van der Waals surface area contributed by atoms with Gasteiger partial charge in [0.15, 0.2) is 0 Å². The quantitative estimate of drug-likeness (QED) is 0.262. The molecule has 0 fully saturated rings. The first kappa shape index (κ1) is 30.4. The van der Waals surface area contributed by atoms with E-state index in [1.165, 1.54) is 0 Å². The van der Waals surface area contributed by atoms with Crippen molar-refractivity contribution in [1.82, 2.24) is 4.98 Å². The van der Waals surface area contributed by atoms with Gasteiger partial charge in [0.25, 0.3) is 0 Å². The Bertz CT molecular complexity index is 1290. The highest BCUT2D eigenvalue weighted by Gasteiger charge is 2.29. The molecule has 2 unspecified atom stereocenters. The van der Waals surface area contributed by atoms with Crippen LogP contribution in [0.25, 0.3) is 0 Å². The second-order valence-electron chi connectivity index (χ2n) is 11.9. The van der Waals surface area contributed by atoms with Crippen LogP contribution in [0.4, 0.5) is 0 Å². The first-order valence-corrected chi connectivity index (χ1v) is 13.9. The fraction of sp³-hybridized carbons (Fsp3) is 0.424. The zero-order valence-electron chi connectivity index (χ0n) is 24.3. The van der Waals surface area contributed by atoms with Crippen LogP contribution in [0.15, 0.2) is 60.8 Å². The number of hydrogen-bond donors (Lipinski definition) is 0. The summed E-state index contributed by atoms with van der Waals surface area (Å²) in [5.74, 6) is -0.892. The fourth-order valence-corrected chi connectivity index (χ4v) is 4.60. The number of ether oxygens (including phenoxy) is 2. The predicted octanol–water partition coefficient (Wildman–Crippen LogP) is 8.95. The van der Waals surface area contributed by atoms with Crippen molar-refractivity contribution in [1.29, 1.82) is 0 Å². The maximum absolute atomic E-state index is 13.1. The lowest BCUT2D eigenvalue weighted by atomic mass is 9.87. The van der Waals surface area contributed by atoms with Crippen LogP contribution in [0.5, 0.6) is 0 Å². The van der Waals surface area contributed by atoms with Crippen LogP contribution in [0, 0.1) is 0 Å². The lowest BCUT2D eigenvalue weighted by Crippen LogP contribution is -2.19. The molecule has 1 aromatic heterocycles. The molecule has 0 aliphatic carbocycles.